The first-order valence-electron chi connectivity index (χ1n) is 6.73. The molecule has 1 saturated heterocycles. The fourth-order valence-electron chi connectivity index (χ4n) is 2.33. The van der Waals surface area contributed by atoms with Crippen molar-refractivity contribution < 1.29 is 9.32 Å². The van der Waals surface area contributed by atoms with Crippen molar-refractivity contribution >= 4 is 27.8 Å². The molecule has 0 spiro atoms. The maximum Gasteiger partial charge on any atom is 0.266 e. The number of piperazine rings is 1. The minimum atomic E-state index is 0.0558. The lowest BCUT2D eigenvalue weighted by atomic mass is 10.2. The quantitative estimate of drug-likeness (QED) is 0.829. The second-order valence-corrected chi connectivity index (χ2v) is 5.82. The molecule has 21 heavy (non-hydrogen) atoms. The molecule has 1 aliphatic rings. The van der Waals surface area contributed by atoms with Crippen LogP contribution in [0.3, 0.4) is 0 Å². The Morgan fingerprint density at radius 2 is 2.05 bits per heavy atom. The average molecular weight is 351 g/mol. The number of benzene rings is 1. The Morgan fingerprint density at radius 1 is 1.29 bits per heavy atom. The summed E-state index contributed by atoms with van der Waals surface area (Å²) in [6.45, 7) is 4.48. The minimum absolute atomic E-state index is 0.0558. The van der Waals surface area contributed by atoms with Crippen LogP contribution in [0.15, 0.2) is 33.3 Å². The van der Waals surface area contributed by atoms with E-state index in [-0.39, 0.29) is 5.91 Å². The maximum atomic E-state index is 12.4. The topological polar surface area (TPSA) is 62.5 Å². The van der Waals surface area contributed by atoms with Crippen LogP contribution < -0.4 is 4.90 Å². The number of amides is 1. The zero-order chi connectivity index (χ0) is 14.8. The molecule has 0 radical (unpaired) electrons. The van der Waals surface area contributed by atoms with E-state index in [1.165, 1.54) is 0 Å². The van der Waals surface area contributed by atoms with Crippen molar-refractivity contribution in [3.8, 4) is 0 Å². The summed E-state index contributed by atoms with van der Waals surface area (Å²) in [5.74, 6) is 1.21. The third-order valence-corrected chi connectivity index (χ3v) is 3.93. The standard InChI is InChI=1S/C14H15BrN4O2/c1-10-16-14(17-21-10)19-7-5-18(6-8-19)13(20)11-3-2-4-12(15)9-11/h2-4,9H,5-8H2,1H3. The Bertz CT molecular complexity index is 650. The molecule has 0 unspecified atom stereocenters. The van der Waals surface area contributed by atoms with E-state index >= 15 is 0 Å². The number of nitrogens with zero attached hydrogens (tertiary/aromatic N) is 4. The number of anilines is 1. The van der Waals surface area contributed by atoms with Gasteiger partial charge in [0.2, 0.25) is 5.89 Å². The van der Waals surface area contributed by atoms with Crippen molar-refractivity contribution in [2.45, 2.75) is 6.92 Å². The molecular formula is C14H15BrN4O2. The van der Waals surface area contributed by atoms with Crippen molar-refractivity contribution in [1.82, 2.24) is 15.0 Å². The van der Waals surface area contributed by atoms with Gasteiger partial charge in [0.25, 0.3) is 11.9 Å². The van der Waals surface area contributed by atoms with E-state index in [1.54, 1.807) is 6.92 Å². The molecule has 1 fully saturated rings. The van der Waals surface area contributed by atoms with Crippen LogP contribution >= 0.6 is 15.9 Å². The lowest BCUT2D eigenvalue weighted by Crippen LogP contribution is -2.49. The number of hydrogen-bond acceptors (Lipinski definition) is 5. The van der Waals surface area contributed by atoms with Gasteiger partial charge >= 0.3 is 0 Å². The van der Waals surface area contributed by atoms with Gasteiger partial charge in [-0.1, -0.05) is 22.0 Å². The summed E-state index contributed by atoms with van der Waals surface area (Å²) < 4.78 is 5.90. The smallest absolute Gasteiger partial charge is 0.266 e. The van der Waals surface area contributed by atoms with E-state index in [0.717, 1.165) is 4.47 Å². The molecule has 0 bridgehead atoms. The van der Waals surface area contributed by atoms with Gasteiger partial charge in [-0.15, -0.1) is 0 Å². The molecule has 0 saturated carbocycles. The Labute approximate surface area is 130 Å². The third kappa shape index (κ3) is 3.07. The van der Waals surface area contributed by atoms with Crippen LogP contribution in [0.1, 0.15) is 16.2 Å². The summed E-state index contributed by atoms with van der Waals surface area (Å²) in [6.07, 6.45) is 0. The zero-order valence-electron chi connectivity index (χ0n) is 11.6. The third-order valence-electron chi connectivity index (χ3n) is 3.44. The van der Waals surface area contributed by atoms with Gasteiger partial charge in [-0.05, 0) is 23.4 Å². The maximum absolute atomic E-state index is 12.4. The van der Waals surface area contributed by atoms with Crippen LogP contribution in [0, 0.1) is 6.92 Å². The Hall–Kier alpha value is -1.89. The molecule has 2 aromatic rings. The van der Waals surface area contributed by atoms with Crippen molar-refractivity contribution in [1.29, 1.82) is 0 Å². The number of rotatable bonds is 2. The van der Waals surface area contributed by atoms with Gasteiger partial charge in [0.15, 0.2) is 0 Å². The largest absolute Gasteiger partial charge is 0.338 e. The number of hydrogen-bond donors (Lipinski definition) is 0. The SMILES string of the molecule is Cc1nc(N2CCN(C(=O)c3cccc(Br)c3)CC2)no1. The summed E-state index contributed by atoms with van der Waals surface area (Å²) in [6, 6.07) is 7.46. The second kappa shape index (κ2) is 5.85. The molecule has 0 aliphatic carbocycles. The highest BCUT2D eigenvalue weighted by Gasteiger charge is 2.24. The predicted octanol–water partition coefficient (Wildman–Crippen LogP) is 2.10. The first kappa shape index (κ1) is 14.1. The van der Waals surface area contributed by atoms with Crippen LogP contribution in [0.25, 0.3) is 0 Å². The van der Waals surface area contributed by atoms with Crippen LogP contribution in [0.4, 0.5) is 5.95 Å². The first-order chi connectivity index (χ1) is 10.1. The van der Waals surface area contributed by atoms with Crippen LogP contribution in [0.2, 0.25) is 0 Å². The van der Waals surface area contributed by atoms with Gasteiger partial charge in [-0.3, -0.25) is 4.79 Å². The number of aromatic nitrogens is 2. The van der Waals surface area contributed by atoms with Gasteiger partial charge in [0.05, 0.1) is 0 Å². The van der Waals surface area contributed by atoms with Crippen LogP contribution in [-0.2, 0) is 0 Å². The van der Waals surface area contributed by atoms with E-state index in [9.17, 15) is 4.79 Å². The van der Waals surface area contributed by atoms with Gasteiger partial charge in [0.1, 0.15) is 0 Å². The van der Waals surface area contributed by atoms with Crippen molar-refractivity contribution in [3.63, 3.8) is 0 Å². The Morgan fingerprint density at radius 3 is 2.67 bits per heavy atom. The second-order valence-electron chi connectivity index (χ2n) is 4.90. The molecule has 2 heterocycles. The molecule has 0 N–H and O–H groups in total. The fraction of sp³-hybridized carbons (Fsp3) is 0.357. The lowest BCUT2D eigenvalue weighted by Gasteiger charge is -2.33. The van der Waals surface area contributed by atoms with Gasteiger partial charge in [0, 0.05) is 43.1 Å². The highest BCUT2D eigenvalue weighted by atomic mass is 79.9. The van der Waals surface area contributed by atoms with E-state index in [2.05, 4.69) is 26.1 Å². The van der Waals surface area contributed by atoms with Gasteiger partial charge in [-0.25, -0.2) is 0 Å². The normalized spacial score (nSPS) is 15.3. The molecule has 0 atom stereocenters. The van der Waals surface area contributed by atoms with E-state index in [0.29, 0.717) is 43.6 Å². The zero-order valence-corrected chi connectivity index (χ0v) is 13.2. The molecule has 7 heteroatoms. The van der Waals surface area contributed by atoms with E-state index in [1.807, 2.05) is 34.1 Å². The molecule has 3 rings (SSSR count). The number of carbonyl (C=O) groups excluding carboxylic acids is 1. The average Bonchev–Trinajstić information content (AvgIpc) is 2.93. The lowest BCUT2D eigenvalue weighted by molar-refractivity contribution is 0.0746. The van der Waals surface area contributed by atoms with E-state index < -0.39 is 0 Å². The summed E-state index contributed by atoms with van der Waals surface area (Å²) >= 11 is 3.39. The number of halogens is 1. The molecule has 1 aromatic carbocycles. The van der Waals surface area contributed by atoms with Crippen LogP contribution in [0.5, 0.6) is 0 Å². The monoisotopic (exact) mass is 350 g/mol. The predicted molar refractivity (Wildman–Crippen MR) is 81.3 cm³/mol. The summed E-state index contributed by atoms with van der Waals surface area (Å²) in [4.78, 5) is 20.5. The molecule has 110 valence electrons. The van der Waals surface area contributed by atoms with E-state index in [4.69, 9.17) is 4.52 Å². The molecule has 1 aliphatic heterocycles. The minimum Gasteiger partial charge on any atom is -0.338 e. The summed E-state index contributed by atoms with van der Waals surface area (Å²) in [5.41, 5.74) is 0.702. The summed E-state index contributed by atoms with van der Waals surface area (Å²) in [7, 11) is 0. The Kier molecular flexibility index (Phi) is 3.92. The molecule has 1 amide bonds. The highest BCUT2D eigenvalue weighted by molar-refractivity contribution is 9.10. The van der Waals surface area contributed by atoms with Crippen LogP contribution in [-0.4, -0.2) is 47.1 Å². The molecular weight excluding hydrogens is 336 g/mol. The Balaban J connectivity index is 1.64. The molecule has 1 aromatic heterocycles. The van der Waals surface area contributed by atoms with Crippen molar-refractivity contribution in [2.75, 3.05) is 31.1 Å². The number of carbonyl (C=O) groups is 1. The first-order valence-corrected chi connectivity index (χ1v) is 7.53. The van der Waals surface area contributed by atoms with Gasteiger partial charge < -0.3 is 14.3 Å². The van der Waals surface area contributed by atoms with Crippen molar-refractivity contribution in [3.05, 3.63) is 40.2 Å². The number of aryl methyl sites for hydroxylation is 1. The van der Waals surface area contributed by atoms with Gasteiger partial charge in [-0.2, -0.15) is 4.98 Å². The fourth-order valence-corrected chi connectivity index (χ4v) is 2.73. The molecule has 6 nitrogen and oxygen atoms in total. The summed E-state index contributed by atoms with van der Waals surface area (Å²) in [5, 5.41) is 3.91. The van der Waals surface area contributed by atoms with Crippen molar-refractivity contribution in [2.24, 2.45) is 0 Å². The highest BCUT2D eigenvalue weighted by Crippen LogP contribution is 2.16.